The molecule has 0 amide bonds. The second-order valence-corrected chi connectivity index (χ2v) is 26.3. The highest BCUT2D eigenvalue weighted by Gasteiger charge is 2.40. The van der Waals surface area contributed by atoms with Gasteiger partial charge in [-0.2, -0.15) is 0 Å². The van der Waals surface area contributed by atoms with Crippen molar-refractivity contribution in [3.8, 4) is 0 Å². The molecule has 0 radical (unpaired) electrons. The number of carbonyl (C=O) groups is 4. The third kappa shape index (κ3) is 17.1. The van der Waals surface area contributed by atoms with Crippen molar-refractivity contribution in [2.45, 2.75) is 57.3 Å². The zero-order chi connectivity index (χ0) is 66.7. The van der Waals surface area contributed by atoms with Crippen LogP contribution < -0.4 is 16.0 Å². The first-order valence-corrected chi connectivity index (χ1v) is 34.0. The number of benzene rings is 3. The molecule has 3 saturated heterocycles. The van der Waals surface area contributed by atoms with E-state index in [0.29, 0.717) is 132 Å². The Morgan fingerprint density at radius 3 is 1.20 bits per heavy atom. The van der Waals surface area contributed by atoms with E-state index < -0.39 is 71.8 Å². The molecule has 3 aromatic carbocycles. The standard InChI is InChI=1S/C22H22BrFN4O5S.C20H19BrF2N4O2S.C20H19ClF2N4O2S/c1-2-32-22(31)18-16(10-28-8-13(9-28)33-11-17(29)30)26-20(21-25-5-6-34-21)27-19(18)14-4-3-12(24)7-15(14)23;2*1-2-29-20(28)16-15(10-27-8-12(23)9-27)25-18(19-24-5-6-30-19)26-17(16)13-4-3-11(22)7-14(13)21/h3-7,13,19H,2,8-11H2,1H3,(H,26,27)(H,29,30);2*3-7,12,17H,2,8-10H2,1H3,(H,25,26). The summed E-state index contributed by atoms with van der Waals surface area (Å²) in [6, 6.07) is 10.2. The van der Waals surface area contributed by atoms with Crippen molar-refractivity contribution in [2.24, 2.45) is 15.0 Å². The molecule has 496 valence electrons. The quantitative estimate of drug-likeness (QED) is 0.0297. The van der Waals surface area contributed by atoms with Crippen LogP contribution in [0.1, 0.15) is 70.6 Å². The monoisotopic (exact) mass is 1500 g/mol. The molecule has 0 aliphatic carbocycles. The smallest absolute Gasteiger partial charge is 0.338 e. The number of aliphatic imine (C=N–C) groups is 3. The number of amidine groups is 3. The van der Waals surface area contributed by atoms with Gasteiger partial charge in [-0.15, -0.1) is 34.0 Å². The molecule has 21 nitrogen and oxygen atoms in total. The molecule has 0 spiro atoms. The summed E-state index contributed by atoms with van der Waals surface area (Å²) in [6.07, 6.45) is 3.04. The number of likely N-dealkylation sites (tertiary alicyclic amines) is 3. The number of thiazole rings is 3. The Morgan fingerprint density at radius 1 is 0.553 bits per heavy atom. The highest BCUT2D eigenvalue weighted by atomic mass is 79.9. The number of halogens is 8. The zero-order valence-electron chi connectivity index (χ0n) is 50.3. The van der Waals surface area contributed by atoms with Crippen LogP contribution >= 0.6 is 77.5 Å². The van der Waals surface area contributed by atoms with Gasteiger partial charge in [-0.25, -0.2) is 56.1 Å². The number of hydrogen-bond acceptors (Lipinski definition) is 23. The Bertz CT molecular complexity index is 3780. The molecule has 3 fully saturated rings. The van der Waals surface area contributed by atoms with Gasteiger partial charge in [0, 0.05) is 130 Å². The predicted octanol–water partition coefficient (Wildman–Crippen LogP) is 9.84. The normalized spacial score (nSPS) is 19.5. The molecule has 6 aliphatic heterocycles. The molecule has 6 aromatic rings. The molecule has 94 heavy (non-hydrogen) atoms. The van der Waals surface area contributed by atoms with Crippen molar-refractivity contribution >= 4 is 119 Å². The molecule has 4 N–H and O–H groups in total. The number of hydrogen-bond donors (Lipinski definition) is 4. The summed E-state index contributed by atoms with van der Waals surface area (Å²) in [5.41, 5.74) is 4.36. The van der Waals surface area contributed by atoms with E-state index in [-0.39, 0.29) is 56.2 Å². The molecule has 3 aromatic heterocycles. The minimum absolute atomic E-state index is 0.151. The Morgan fingerprint density at radius 2 is 0.894 bits per heavy atom. The maximum Gasteiger partial charge on any atom is 0.338 e. The highest BCUT2D eigenvalue weighted by molar-refractivity contribution is 9.10. The fourth-order valence-corrected chi connectivity index (χ4v) is 13.8. The van der Waals surface area contributed by atoms with Crippen LogP contribution in [0.15, 0.2) is 147 Å². The number of carboxylic acid groups (broad SMARTS) is 1. The number of aliphatic carboxylic acids is 1. The Labute approximate surface area is 569 Å². The van der Waals surface area contributed by atoms with E-state index >= 15 is 0 Å². The van der Waals surface area contributed by atoms with E-state index in [1.807, 2.05) is 30.8 Å². The van der Waals surface area contributed by atoms with Crippen molar-refractivity contribution in [1.82, 2.24) is 45.6 Å². The second kappa shape index (κ2) is 32.0. The van der Waals surface area contributed by atoms with Crippen LogP contribution in [0, 0.1) is 17.5 Å². The van der Waals surface area contributed by atoms with E-state index in [0.717, 1.165) is 0 Å². The largest absolute Gasteiger partial charge is 0.480 e. The number of nitrogens with one attached hydrogen (secondary N) is 3. The van der Waals surface area contributed by atoms with Crippen LogP contribution in [-0.4, -0.2) is 180 Å². The van der Waals surface area contributed by atoms with Gasteiger partial charge in [0.2, 0.25) is 0 Å². The fourth-order valence-electron chi connectivity index (χ4n) is 10.6. The van der Waals surface area contributed by atoms with Crippen molar-refractivity contribution in [3.63, 3.8) is 0 Å². The van der Waals surface area contributed by atoms with Gasteiger partial charge in [0.1, 0.15) is 54.5 Å². The van der Waals surface area contributed by atoms with Gasteiger partial charge in [-0.1, -0.05) is 61.7 Å². The first-order valence-electron chi connectivity index (χ1n) is 29.4. The Kier molecular flexibility index (Phi) is 23.7. The summed E-state index contributed by atoms with van der Waals surface area (Å²) in [5, 5.41) is 26.0. The van der Waals surface area contributed by atoms with E-state index in [9.17, 15) is 41.1 Å². The van der Waals surface area contributed by atoms with E-state index in [2.05, 4.69) is 67.8 Å². The van der Waals surface area contributed by atoms with E-state index in [1.54, 1.807) is 51.5 Å². The van der Waals surface area contributed by atoms with Crippen molar-refractivity contribution in [1.29, 1.82) is 0 Å². The van der Waals surface area contributed by atoms with Crippen LogP contribution in [0.2, 0.25) is 5.02 Å². The molecule has 0 bridgehead atoms. The summed E-state index contributed by atoms with van der Waals surface area (Å²) < 4.78 is 90.1. The van der Waals surface area contributed by atoms with Gasteiger partial charge < -0.3 is 40.0 Å². The number of rotatable bonds is 21. The zero-order valence-corrected chi connectivity index (χ0v) is 56.7. The first-order chi connectivity index (χ1) is 45.3. The lowest BCUT2D eigenvalue weighted by molar-refractivity contribution is -0.148. The molecule has 9 heterocycles. The SMILES string of the molecule is CCOC(=O)C1=C(CN2CC(F)C2)NC(c2nccs2)=NC1c1ccc(F)cc1Br.CCOC(=O)C1=C(CN2CC(F)C2)NC(c2nccs2)=NC1c1ccc(F)cc1Cl.CCOC(=O)C1=C(CN2CC(OCC(=O)O)C2)NC(c2nccs2)=NC1c1ccc(F)cc1Br. The second-order valence-electron chi connectivity index (χ2n) is 21.5. The van der Waals surface area contributed by atoms with Crippen LogP contribution in [0.4, 0.5) is 22.0 Å². The van der Waals surface area contributed by atoms with Crippen molar-refractivity contribution in [3.05, 3.63) is 186 Å². The minimum atomic E-state index is -1.02. The maximum absolute atomic E-state index is 13.8. The summed E-state index contributed by atoms with van der Waals surface area (Å²) in [6.45, 7) is 8.60. The molecule has 3 unspecified atom stereocenters. The first kappa shape index (κ1) is 69.6. The van der Waals surface area contributed by atoms with Gasteiger partial charge in [0.05, 0.1) is 42.6 Å². The van der Waals surface area contributed by atoms with Crippen LogP contribution in [0.3, 0.4) is 0 Å². The van der Waals surface area contributed by atoms with Gasteiger partial charge >= 0.3 is 23.9 Å². The van der Waals surface area contributed by atoms with Crippen LogP contribution in [-0.2, 0) is 38.1 Å². The average Bonchev–Trinajstić information content (AvgIpc) is 0.925. The van der Waals surface area contributed by atoms with Crippen LogP contribution in [0.25, 0.3) is 0 Å². The van der Waals surface area contributed by atoms with Gasteiger partial charge in [-0.3, -0.25) is 29.7 Å². The summed E-state index contributed by atoms with van der Waals surface area (Å²) in [5.74, 6) is -2.43. The third-order valence-corrected chi connectivity index (χ3v) is 18.9. The van der Waals surface area contributed by atoms with E-state index in [4.69, 9.17) is 45.6 Å². The molecular formula is C62H60Br2ClF5N12O9S3. The number of carbonyl (C=O) groups excluding carboxylic acids is 3. The predicted molar refractivity (Wildman–Crippen MR) is 351 cm³/mol. The number of nitrogens with zero attached hydrogens (tertiary/aromatic N) is 9. The molecule has 0 saturated carbocycles. The molecule has 6 aliphatic rings. The summed E-state index contributed by atoms with van der Waals surface area (Å²) >= 11 is 17.3. The Hall–Kier alpha value is -7.20. The highest BCUT2D eigenvalue weighted by Crippen LogP contribution is 2.41. The lowest BCUT2D eigenvalue weighted by Crippen LogP contribution is -2.54. The third-order valence-electron chi connectivity index (χ3n) is 14.9. The number of ether oxygens (including phenoxy) is 4. The Balaban J connectivity index is 0.000000154. The van der Waals surface area contributed by atoms with Gasteiger partial charge in [-0.05, 0) is 68.3 Å². The summed E-state index contributed by atoms with van der Waals surface area (Å²) in [4.78, 5) is 82.6. The van der Waals surface area contributed by atoms with Crippen molar-refractivity contribution in [2.75, 3.05) is 85.3 Å². The van der Waals surface area contributed by atoms with Crippen molar-refractivity contribution < 1.29 is 65.2 Å². The topological polar surface area (TPSA) is 247 Å². The van der Waals surface area contributed by atoms with Gasteiger partial charge in [0.15, 0.2) is 32.5 Å². The minimum Gasteiger partial charge on any atom is -0.480 e. The fraction of sp³-hybridized carbons (Fsp3) is 0.355. The summed E-state index contributed by atoms with van der Waals surface area (Å²) in [7, 11) is 0. The average molecular weight is 1500 g/mol. The van der Waals surface area contributed by atoms with Gasteiger partial charge in [0.25, 0.3) is 0 Å². The molecule has 3 atom stereocenters. The molecule has 12 rings (SSSR count). The number of carboxylic acids is 1. The number of alkyl halides is 2. The van der Waals surface area contributed by atoms with Crippen LogP contribution in [0.5, 0.6) is 0 Å². The molecular weight excluding hydrogens is 1440 g/mol. The van der Waals surface area contributed by atoms with E-state index in [1.165, 1.54) is 76.5 Å². The number of aromatic nitrogens is 3. The maximum atomic E-state index is 13.8. The lowest BCUT2D eigenvalue weighted by atomic mass is 9.94. The number of esters is 3. The molecule has 32 heteroatoms. The lowest BCUT2D eigenvalue weighted by Gasteiger charge is -2.40.